The molecule has 0 radical (unpaired) electrons. The number of nitrogens with zero attached hydrogens (tertiary/aromatic N) is 1. The number of hydrogen-bond donors (Lipinski definition) is 0. The van der Waals surface area contributed by atoms with Gasteiger partial charge in [-0.05, 0) is 46.1 Å². The Labute approximate surface area is 110 Å². The van der Waals surface area contributed by atoms with Crippen LogP contribution in [0.15, 0.2) is 0 Å². The van der Waals surface area contributed by atoms with Gasteiger partial charge in [-0.3, -0.25) is 14.5 Å². The molecule has 0 aromatic carbocycles. The number of esters is 1. The summed E-state index contributed by atoms with van der Waals surface area (Å²) >= 11 is 0. The zero-order valence-corrected chi connectivity index (χ0v) is 12.2. The van der Waals surface area contributed by atoms with Crippen molar-refractivity contribution in [1.29, 1.82) is 0 Å². The number of carbonyl (C=O) groups is 2. The molecule has 1 saturated carbocycles. The van der Waals surface area contributed by atoms with Crippen LogP contribution in [0.25, 0.3) is 0 Å². The van der Waals surface area contributed by atoms with Gasteiger partial charge in [-0.15, -0.1) is 0 Å². The van der Waals surface area contributed by atoms with Gasteiger partial charge in [0.05, 0.1) is 13.2 Å². The van der Waals surface area contributed by atoms with Gasteiger partial charge in [-0.25, -0.2) is 0 Å². The smallest absolute Gasteiger partial charge is 0.319 e. The summed E-state index contributed by atoms with van der Waals surface area (Å²) in [7, 11) is 1.93. The van der Waals surface area contributed by atoms with Crippen LogP contribution >= 0.6 is 0 Å². The Hall–Kier alpha value is -0.900. The first-order valence-corrected chi connectivity index (χ1v) is 6.68. The first kappa shape index (κ1) is 15.2. The van der Waals surface area contributed by atoms with Crippen LogP contribution in [-0.4, -0.2) is 43.4 Å². The van der Waals surface area contributed by atoms with E-state index in [-0.39, 0.29) is 5.78 Å². The molecule has 0 aromatic rings. The molecule has 4 heteroatoms. The zero-order chi connectivity index (χ0) is 13.9. The van der Waals surface area contributed by atoms with Gasteiger partial charge < -0.3 is 4.74 Å². The second-order valence-corrected chi connectivity index (χ2v) is 5.94. The average Bonchev–Trinajstić information content (AvgIpc) is 2.93. The van der Waals surface area contributed by atoms with E-state index in [1.54, 1.807) is 20.8 Å². The van der Waals surface area contributed by atoms with E-state index in [2.05, 4.69) is 6.92 Å². The molecule has 0 N–H and O–H groups in total. The minimum absolute atomic E-state index is 0.0725. The molecule has 0 amide bonds. The number of ketones is 1. The average molecular weight is 255 g/mol. The molecule has 0 spiro atoms. The van der Waals surface area contributed by atoms with Crippen molar-refractivity contribution < 1.29 is 14.3 Å². The van der Waals surface area contributed by atoms with Gasteiger partial charge in [-0.2, -0.15) is 0 Å². The molecule has 0 bridgehead atoms. The third-order valence-electron chi connectivity index (χ3n) is 3.72. The van der Waals surface area contributed by atoms with Crippen molar-refractivity contribution in [3.63, 3.8) is 0 Å². The van der Waals surface area contributed by atoms with Crippen LogP contribution in [0.5, 0.6) is 0 Å². The summed E-state index contributed by atoms with van der Waals surface area (Å²) in [6, 6.07) is 0. The molecule has 2 atom stereocenters. The largest absolute Gasteiger partial charge is 0.465 e. The van der Waals surface area contributed by atoms with E-state index >= 15 is 0 Å². The van der Waals surface area contributed by atoms with Crippen molar-refractivity contribution in [2.24, 2.45) is 17.3 Å². The lowest BCUT2D eigenvalue weighted by atomic mass is 9.88. The number of carbonyl (C=O) groups excluding carboxylic acids is 2. The normalized spacial score (nSPS) is 23.0. The summed E-state index contributed by atoms with van der Waals surface area (Å²) in [6.45, 7) is 8.82. The fourth-order valence-electron chi connectivity index (χ4n) is 1.99. The van der Waals surface area contributed by atoms with Crippen molar-refractivity contribution in [2.75, 3.05) is 26.7 Å². The van der Waals surface area contributed by atoms with E-state index < -0.39 is 11.4 Å². The van der Waals surface area contributed by atoms with Gasteiger partial charge in [0.25, 0.3) is 0 Å². The maximum absolute atomic E-state index is 12.1. The summed E-state index contributed by atoms with van der Waals surface area (Å²) in [4.78, 5) is 25.9. The first-order valence-electron chi connectivity index (χ1n) is 6.68. The lowest BCUT2D eigenvalue weighted by Crippen LogP contribution is -2.41. The van der Waals surface area contributed by atoms with Gasteiger partial charge in [-0.1, -0.05) is 6.92 Å². The lowest BCUT2D eigenvalue weighted by molar-refractivity contribution is -0.158. The van der Waals surface area contributed by atoms with Crippen LogP contribution in [0.1, 0.15) is 34.1 Å². The maximum Gasteiger partial charge on any atom is 0.319 e. The number of ether oxygens (including phenoxy) is 1. The van der Waals surface area contributed by atoms with Crippen molar-refractivity contribution >= 4 is 11.8 Å². The molecule has 4 nitrogen and oxygen atoms in total. The predicted molar refractivity (Wildman–Crippen MR) is 70.2 cm³/mol. The van der Waals surface area contributed by atoms with Gasteiger partial charge in [0, 0.05) is 6.54 Å². The Morgan fingerprint density at radius 1 is 1.39 bits per heavy atom. The third kappa shape index (κ3) is 3.80. The van der Waals surface area contributed by atoms with Crippen molar-refractivity contribution in [1.82, 2.24) is 4.90 Å². The number of likely N-dealkylation sites (N-methyl/N-ethyl adjacent to an activating group) is 1. The van der Waals surface area contributed by atoms with Crippen LogP contribution in [0, 0.1) is 17.3 Å². The fraction of sp³-hybridized carbons (Fsp3) is 0.857. The third-order valence-corrected chi connectivity index (χ3v) is 3.72. The van der Waals surface area contributed by atoms with Crippen molar-refractivity contribution in [3.05, 3.63) is 0 Å². The van der Waals surface area contributed by atoms with Crippen LogP contribution in [0.2, 0.25) is 0 Å². The number of Topliss-reactive ketones (excluding diaryl/α,β-unsaturated/α-hetero) is 1. The van der Waals surface area contributed by atoms with Crippen LogP contribution in [-0.2, 0) is 14.3 Å². The Morgan fingerprint density at radius 2 is 1.94 bits per heavy atom. The van der Waals surface area contributed by atoms with E-state index in [0.29, 0.717) is 19.1 Å². The number of rotatable bonds is 7. The molecule has 1 aliphatic carbocycles. The molecule has 1 rings (SSSR count). The Kier molecular flexibility index (Phi) is 4.91. The van der Waals surface area contributed by atoms with Gasteiger partial charge in [0.2, 0.25) is 0 Å². The monoisotopic (exact) mass is 255 g/mol. The quantitative estimate of drug-likeness (QED) is 0.513. The second-order valence-electron chi connectivity index (χ2n) is 5.94. The summed E-state index contributed by atoms with van der Waals surface area (Å²) in [6.07, 6.45) is 1.25. The highest BCUT2D eigenvalue weighted by Gasteiger charge is 2.39. The van der Waals surface area contributed by atoms with Gasteiger partial charge in [0.15, 0.2) is 5.78 Å². The summed E-state index contributed by atoms with van der Waals surface area (Å²) in [5, 5.41) is 0. The summed E-state index contributed by atoms with van der Waals surface area (Å²) in [5.41, 5.74) is -1.04. The zero-order valence-electron chi connectivity index (χ0n) is 12.2. The van der Waals surface area contributed by atoms with Crippen LogP contribution in [0.3, 0.4) is 0 Å². The van der Waals surface area contributed by atoms with Crippen LogP contribution in [0.4, 0.5) is 0 Å². The highest BCUT2D eigenvalue weighted by atomic mass is 16.5. The van der Waals surface area contributed by atoms with E-state index in [0.717, 1.165) is 12.5 Å². The molecule has 0 aromatic heterocycles. The standard InChI is InChI=1S/C14H25NO3/c1-6-18-13(17)14(3,4)12(16)9-15(5)8-11-7-10(11)2/h10-11H,6-9H2,1-5H3. The Bertz CT molecular complexity index is 325. The molecular formula is C14H25NO3. The minimum atomic E-state index is -1.04. The molecule has 1 aliphatic rings. The van der Waals surface area contributed by atoms with Gasteiger partial charge in [0.1, 0.15) is 5.41 Å². The molecular weight excluding hydrogens is 230 g/mol. The number of hydrogen-bond acceptors (Lipinski definition) is 4. The van der Waals surface area contributed by atoms with E-state index in [4.69, 9.17) is 4.74 Å². The molecule has 0 heterocycles. The molecule has 104 valence electrons. The highest BCUT2D eigenvalue weighted by Crippen LogP contribution is 2.38. The fourth-order valence-corrected chi connectivity index (χ4v) is 1.99. The molecule has 2 unspecified atom stereocenters. The van der Waals surface area contributed by atoms with E-state index in [9.17, 15) is 9.59 Å². The Balaban J connectivity index is 2.44. The predicted octanol–water partition coefficient (Wildman–Crippen LogP) is 1.73. The summed E-state index contributed by atoms with van der Waals surface area (Å²) in [5.74, 6) is 0.995. The van der Waals surface area contributed by atoms with Crippen molar-refractivity contribution in [3.8, 4) is 0 Å². The minimum Gasteiger partial charge on any atom is -0.465 e. The molecule has 0 aliphatic heterocycles. The van der Waals surface area contributed by atoms with E-state index in [1.165, 1.54) is 6.42 Å². The van der Waals surface area contributed by atoms with E-state index in [1.807, 2.05) is 11.9 Å². The topological polar surface area (TPSA) is 46.6 Å². The summed E-state index contributed by atoms with van der Waals surface area (Å²) < 4.78 is 4.94. The Morgan fingerprint density at radius 3 is 2.39 bits per heavy atom. The molecule has 1 fully saturated rings. The first-order chi connectivity index (χ1) is 8.28. The van der Waals surface area contributed by atoms with Crippen LogP contribution < -0.4 is 0 Å². The van der Waals surface area contributed by atoms with Crippen molar-refractivity contribution in [2.45, 2.75) is 34.1 Å². The highest BCUT2D eigenvalue weighted by molar-refractivity contribution is 6.03. The second kappa shape index (κ2) is 5.83. The molecule has 0 saturated heterocycles. The lowest BCUT2D eigenvalue weighted by Gasteiger charge is -2.24. The van der Waals surface area contributed by atoms with Gasteiger partial charge >= 0.3 is 5.97 Å². The molecule has 18 heavy (non-hydrogen) atoms. The maximum atomic E-state index is 12.1. The SMILES string of the molecule is CCOC(=O)C(C)(C)C(=O)CN(C)CC1CC1C.